The Balaban J connectivity index is 1.68. The molecule has 162 valence electrons. The average Bonchev–Trinajstić information content (AvgIpc) is 2.67. The summed E-state index contributed by atoms with van der Waals surface area (Å²) in [6.07, 6.45) is -2.12. The quantitative estimate of drug-likeness (QED) is 0.769. The molecule has 1 amide bonds. The summed E-state index contributed by atoms with van der Waals surface area (Å²) in [6, 6.07) is 8.28. The van der Waals surface area contributed by atoms with Gasteiger partial charge in [-0.05, 0) is 69.4 Å². The molecule has 3 rings (SSSR count). The Morgan fingerprint density at radius 2 is 1.83 bits per heavy atom. The Morgan fingerprint density at radius 1 is 1.17 bits per heavy atom. The number of alkyl halides is 3. The molecule has 0 spiro atoms. The van der Waals surface area contributed by atoms with Crippen LogP contribution in [0.15, 0.2) is 47.5 Å². The number of carbonyl (C=O) groups excluding carboxylic acids is 1. The lowest BCUT2D eigenvalue weighted by molar-refractivity contribution is -0.137. The lowest BCUT2D eigenvalue weighted by atomic mass is 9.83. The van der Waals surface area contributed by atoms with E-state index in [1.54, 1.807) is 25.1 Å². The predicted molar refractivity (Wildman–Crippen MR) is 106 cm³/mol. The number of halogens is 3. The van der Waals surface area contributed by atoms with Crippen molar-refractivity contribution in [2.75, 3.05) is 0 Å². The molecule has 2 aromatic rings. The van der Waals surface area contributed by atoms with Crippen molar-refractivity contribution in [3.8, 4) is 0 Å². The molecule has 0 saturated heterocycles. The van der Waals surface area contributed by atoms with E-state index in [0.29, 0.717) is 31.7 Å². The van der Waals surface area contributed by atoms with Gasteiger partial charge in [-0.25, -0.2) is 8.42 Å². The third-order valence-corrected chi connectivity index (χ3v) is 7.79. The van der Waals surface area contributed by atoms with Gasteiger partial charge in [0.2, 0.25) is 0 Å². The van der Waals surface area contributed by atoms with Crippen molar-refractivity contribution in [2.45, 2.75) is 61.4 Å². The third-order valence-electron chi connectivity index (χ3n) is 5.53. The molecule has 1 saturated carbocycles. The smallest absolute Gasteiger partial charge is 0.346 e. The highest BCUT2D eigenvalue weighted by molar-refractivity contribution is 7.92. The highest BCUT2D eigenvalue weighted by Crippen LogP contribution is 2.35. The van der Waals surface area contributed by atoms with Crippen molar-refractivity contribution in [2.24, 2.45) is 0 Å². The summed E-state index contributed by atoms with van der Waals surface area (Å²) in [5.74, 6) is -0.705. The number of pyridine rings is 1. The summed E-state index contributed by atoms with van der Waals surface area (Å²) in [5.41, 5.74) is -1.12. The molecule has 0 aliphatic heterocycles. The van der Waals surface area contributed by atoms with Crippen LogP contribution in [-0.4, -0.2) is 30.1 Å². The van der Waals surface area contributed by atoms with E-state index in [4.69, 9.17) is 0 Å². The first-order chi connectivity index (χ1) is 13.9. The largest absolute Gasteiger partial charge is 0.416 e. The van der Waals surface area contributed by atoms with Gasteiger partial charge in [0.05, 0.1) is 15.7 Å². The van der Waals surface area contributed by atoms with Gasteiger partial charge >= 0.3 is 6.18 Å². The Morgan fingerprint density at radius 3 is 2.43 bits per heavy atom. The maximum atomic E-state index is 12.9. The summed E-state index contributed by atoms with van der Waals surface area (Å²) in [6.45, 7) is 3.60. The zero-order valence-corrected chi connectivity index (χ0v) is 17.5. The Bertz CT molecular complexity index is 1040. The van der Waals surface area contributed by atoms with Gasteiger partial charge in [0.25, 0.3) is 5.91 Å². The monoisotopic (exact) mass is 440 g/mol. The van der Waals surface area contributed by atoms with Crippen LogP contribution >= 0.6 is 0 Å². The lowest BCUT2D eigenvalue weighted by Gasteiger charge is -2.37. The Kier molecular flexibility index (Phi) is 5.95. The average molecular weight is 440 g/mol. The van der Waals surface area contributed by atoms with Crippen molar-refractivity contribution >= 4 is 15.7 Å². The minimum Gasteiger partial charge on any atom is -0.346 e. The minimum atomic E-state index is -4.57. The van der Waals surface area contributed by atoms with Gasteiger partial charge in [0, 0.05) is 11.7 Å². The van der Waals surface area contributed by atoms with Crippen LogP contribution in [0.5, 0.6) is 0 Å². The van der Waals surface area contributed by atoms with E-state index < -0.39 is 38.3 Å². The van der Waals surface area contributed by atoms with E-state index in [1.807, 2.05) is 13.0 Å². The summed E-state index contributed by atoms with van der Waals surface area (Å²) < 4.78 is 64.4. The maximum absolute atomic E-state index is 12.9. The highest BCUT2D eigenvalue weighted by Gasteiger charge is 2.39. The molecule has 0 unspecified atom stereocenters. The molecule has 0 bridgehead atoms. The van der Waals surface area contributed by atoms with Crippen molar-refractivity contribution in [3.05, 3.63) is 59.4 Å². The molecule has 1 aliphatic rings. The number of hydrogen-bond acceptors (Lipinski definition) is 4. The molecule has 5 nitrogen and oxygen atoms in total. The van der Waals surface area contributed by atoms with Crippen LogP contribution in [-0.2, 0) is 16.0 Å². The number of carbonyl (C=O) groups is 1. The number of amides is 1. The van der Waals surface area contributed by atoms with Gasteiger partial charge in [-0.3, -0.25) is 9.78 Å². The standard InChI is InChI=1S/C21H23F3N2O3S/c1-14-4-3-5-17(12-14)30(28,29)16-6-9-20(2,10-7-16)26-19(27)18-13-15(8-11-25-18)21(22,23)24/h3-5,8,11-13,16H,6-7,9-10H2,1-2H3,(H,26,27). The molecular weight excluding hydrogens is 417 g/mol. The normalized spacial score (nSPS) is 22.5. The number of rotatable bonds is 4. The molecule has 0 atom stereocenters. The summed E-state index contributed by atoms with van der Waals surface area (Å²) >= 11 is 0. The van der Waals surface area contributed by atoms with E-state index in [-0.39, 0.29) is 10.6 Å². The van der Waals surface area contributed by atoms with Crippen LogP contribution in [0.1, 0.15) is 54.2 Å². The number of nitrogens with zero attached hydrogens (tertiary/aromatic N) is 1. The molecule has 9 heteroatoms. The van der Waals surface area contributed by atoms with Gasteiger partial charge in [-0.2, -0.15) is 13.2 Å². The molecule has 1 heterocycles. The second-order valence-corrected chi connectivity index (χ2v) is 10.2. The fourth-order valence-electron chi connectivity index (χ4n) is 3.72. The molecule has 1 N–H and O–H groups in total. The first-order valence-electron chi connectivity index (χ1n) is 9.57. The number of nitrogens with one attached hydrogen (secondary N) is 1. The number of benzene rings is 1. The molecule has 1 aromatic carbocycles. The SMILES string of the molecule is Cc1cccc(S(=O)(=O)C2CCC(C)(NC(=O)c3cc(C(F)(F)F)ccn3)CC2)c1. The molecule has 0 radical (unpaired) electrons. The second-order valence-electron chi connectivity index (χ2n) is 8.00. The molecule has 1 fully saturated rings. The predicted octanol–water partition coefficient (Wildman–Crippen LogP) is 4.31. The van der Waals surface area contributed by atoms with Gasteiger partial charge in [0.15, 0.2) is 9.84 Å². The number of hydrogen-bond donors (Lipinski definition) is 1. The van der Waals surface area contributed by atoms with Crippen LogP contribution in [0.2, 0.25) is 0 Å². The van der Waals surface area contributed by atoms with Crippen LogP contribution < -0.4 is 5.32 Å². The van der Waals surface area contributed by atoms with Gasteiger partial charge in [-0.1, -0.05) is 12.1 Å². The third kappa shape index (κ3) is 4.83. The molecule has 30 heavy (non-hydrogen) atoms. The zero-order chi connectivity index (χ0) is 22.2. The number of sulfone groups is 1. The fourth-order valence-corrected chi connectivity index (χ4v) is 5.58. The number of aromatic nitrogens is 1. The van der Waals surface area contributed by atoms with Crippen LogP contribution in [0.3, 0.4) is 0 Å². The van der Waals surface area contributed by atoms with Crippen molar-refractivity contribution in [1.82, 2.24) is 10.3 Å². The topological polar surface area (TPSA) is 76.1 Å². The Labute approximate surface area is 173 Å². The zero-order valence-electron chi connectivity index (χ0n) is 16.7. The van der Waals surface area contributed by atoms with E-state index in [1.165, 1.54) is 0 Å². The second kappa shape index (κ2) is 8.02. The van der Waals surface area contributed by atoms with Crippen molar-refractivity contribution in [1.29, 1.82) is 0 Å². The van der Waals surface area contributed by atoms with Crippen molar-refractivity contribution in [3.63, 3.8) is 0 Å². The van der Waals surface area contributed by atoms with E-state index in [0.717, 1.165) is 17.8 Å². The van der Waals surface area contributed by atoms with Crippen LogP contribution in [0.4, 0.5) is 13.2 Å². The Hall–Kier alpha value is -2.42. The molecule has 1 aliphatic carbocycles. The van der Waals surface area contributed by atoms with Crippen LogP contribution in [0.25, 0.3) is 0 Å². The minimum absolute atomic E-state index is 0.285. The van der Waals surface area contributed by atoms with Gasteiger partial charge in [0.1, 0.15) is 5.69 Å². The molecular formula is C21H23F3N2O3S. The van der Waals surface area contributed by atoms with E-state index in [2.05, 4.69) is 10.3 Å². The maximum Gasteiger partial charge on any atom is 0.416 e. The van der Waals surface area contributed by atoms with Crippen LogP contribution in [0, 0.1) is 6.92 Å². The van der Waals surface area contributed by atoms with E-state index in [9.17, 15) is 26.4 Å². The van der Waals surface area contributed by atoms with E-state index >= 15 is 0 Å². The highest BCUT2D eigenvalue weighted by atomic mass is 32.2. The summed E-state index contributed by atoms with van der Waals surface area (Å²) in [4.78, 5) is 16.5. The van der Waals surface area contributed by atoms with Crippen molar-refractivity contribution < 1.29 is 26.4 Å². The molecule has 1 aromatic heterocycles. The van der Waals surface area contributed by atoms with Gasteiger partial charge < -0.3 is 5.32 Å². The lowest BCUT2D eigenvalue weighted by Crippen LogP contribution is -2.50. The first kappa shape index (κ1) is 22.3. The van der Waals surface area contributed by atoms with Gasteiger partial charge in [-0.15, -0.1) is 0 Å². The summed E-state index contributed by atoms with van der Waals surface area (Å²) in [7, 11) is -3.49. The summed E-state index contributed by atoms with van der Waals surface area (Å²) in [5, 5.41) is 2.19. The number of aryl methyl sites for hydroxylation is 1. The first-order valence-corrected chi connectivity index (χ1v) is 11.1. The fraction of sp³-hybridized carbons (Fsp3) is 0.429.